The van der Waals surface area contributed by atoms with Gasteiger partial charge < -0.3 is 42.4 Å². The first-order valence-corrected chi connectivity index (χ1v) is 22.3. The highest BCUT2D eigenvalue weighted by Crippen LogP contribution is 2.51. The highest BCUT2D eigenvalue weighted by molar-refractivity contribution is 7.49. The lowest BCUT2D eigenvalue weighted by Gasteiger charge is -2.40. The van der Waals surface area contributed by atoms with E-state index in [0.29, 0.717) is 37.5 Å². The van der Waals surface area contributed by atoms with Gasteiger partial charge in [-0.3, -0.25) is 4.67 Å². The fraction of sp³-hybridized carbons (Fsp3) is 0.535. The minimum absolute atomic E-state index is 0.0941. The third kappa shape index (κ3) is 7.88. The second-order valence-electron chi connectivity index (χ2n) is 16.8. The number of hydrogen-bond donors (Lipinski definition) is 0. The minimum Gasteiger partial charge on any atom is -0.497 e. The topological polar surface area (TPSA) is 117 Å². The minimum atomic E-state index is -1.03. The number of benzene rings is 3. The maximum absolute atomic E-state index is 7.33. The Labute approximate surface area is 350 Å². The van der Waals surface area contributed by atoms with E-state index >= 15 is 0 Å². The van der Waals surface area contributed by atoms with E-state index < -0.39 is 31.2 Å². The summed E-state index contributed by atoms with van der Waals surface area (Å²) in [5.74, 6) is 1.51. The molecule has 5 heterocycles. The summed E-state index contributed by atoms with van der Waals surface area (Å²) in [5, 5.41) is 9.07. The number of aromatic nitrogens is 3. The Balaban J connectivity index is 1.02. The molecule has 4 aliphatic rings. The first-order chi connectivity index (χ1) is 28.4. The lowest BCUT2D eigenvalue weighted by molar-refractivity contribution is -0.169. The molecule has 59 heavy (non-hydrogen) atoms. The van der Waals surface area contributed by atoms with E-state index in [4.69, 9.17) is 42.4 Å². The Kier molecular flexibility index (Phi) is 12.3. The molecule has 0 aliphatic carbocycles. The van der Waals surface area contributed by atoms with E-state index in [0.717, 1.165) is 28.2 Å². The molecule has 0 spiro atoms. The highest BCUT2D eigenvalue weighted by Gasteiger charge is 2.63. The molecule has 13 nitrogen and oxygen atoms in total. The maximum atomic E-state index is 7.33. The molecule has 0 radical (unpaired) electrons. The summed E-state index contributed by atoms with van der Waals surface area (Å²) in [5.41, 5.74) is 0.928. The van der Waals surface area contributed by atoms with Gasteiger partial charge in [0.2, 0.25) is 0 Å². The predicted molar refractivity (Wildman–Crippen MR) is 228 cm³/mol. The molecule has 4 aromatic rings. The average molecular weight is 827 g/mol. The van der Waals surface area contributed by atoms with Gasteiger partial charge >= 0.3 is 0 Å². The van der Waals surface area contributed by atoms with Crippen LogP contribution in [0.1, 0.15) is 50.1 Å². The van der Waals surface area contributed by atoms with Crippen molar-refractivity contribution >= 4 is 24.0 Å². The Bertz CT molecular complexity index is 1960. The van der Waals surface area contributed by atoms with Crippen LogP contribution in [0.2, 0.25) is 0 Å². The molecule has 5 unspecified atom stereocenters. The van der Waals surface area contributed by atoms with E-state index in [1.165, 1.54) is 0 Å². The standard InChI is InChI=1S/C43H57B2N4O9P/c1-27(2)49(28(3)4)59(7)58-38-36-40(45)56-41(38,24-53-36)23-48-21-32(46-47-48)22-52-37-35-39(44)57-42(37,25-54-35)26-55-43(29-11-9-8-10-12-29,30-13-17-33(50-5)18-14-30)31-15-19-34(51-6)20-16-31/h8-21,27-28,35-40H,22-26,44-45H2,1-7H3/t35?,36?,37?,38?,39-,40-,41+,42-,59?/m1/s1. The van der Waals surface area contributed by atoms with Gasteiger partial charge in [0.1, 0.15) is 82.4 Å². The van der Waals surface area contributed by atoms with Gasteiger partial charge in [-0.15, -0.1) is 5.10 Å². The van der Waals surface area contributed by atoms with Crippen LogP contribution < -0.4 is 9.47 Å². The van der Waals surface area contributed by atoms with Crippen LogP contribution in [-0.2, 0) is 51.7 Å². The van der Waals surface area contributed by atoms with Crippen molar-refractivity contribution in [2.24, 2.45) is 0 Å². The van der Waals surface area contributed by atoms with Crippen molar-refractivity contribution in [2.45, 2.75) is 106 Å². The second-order valence-corrected chi connectivity index (χ2v) is 18.4. The van der Waals surface area contributed by atoms with Crippen molar-refractivity contribution < 1.29 is 42.4 Å². The van der Waals surface area contributed by atoms with Gasteiger partial charge in [-0.1, -0.05) is 59.8 Å². The van der Waals surface area contributed by atoms with Crippen LogP contribution in [-0.4, -0.2) is 136 Å². The summed E-state index contributed by atoms with van der Waals surface area (Å²) in [7, 11) is 6.53. The van der Waals surface area contributed by atoms with Crippen LogP contribution in [0.3, 0.4) is 0 Å². The summed E-state index contributed by atoms with van der Waals surface area (Å²) in [6, 6.07) is 26.7. The predicted octanol–water partition coefficient (Wildman–Crippen LogP) is 3.89. The zero-order valence-corrected chi connectivity index (χ0v) is 36.5. The molecule has 0 amide bonds. The molecular weight excluding hydrogens is 769 g/mol. The fourth-order valence-corrected chi connectivity index (χ4v) is 11.7. The molecule has 1 aromatic heterocycles. The Morgan fingerprint density at radius 3 is 1.90 bits per heavy atom. The first kappa shape index (κ1) is 42.3. The Morgan fingerprint density at radius 1 is 0.797 bits per heavy atom. The summed E-state index contributed by atoms with van der Waals surface area (Å²) in [6.45, 7) is 12.6. The molecule has 9 atom stereocenters. The van der Waals surface area contributed by atoms with Crippen molar-refractivity contribution in [2.75, 3.05) is 40.7 Å². The molecule has 314 valence electrons. The quantitative estimate of drug-likeness (QED) is 0.0824. The normalized spacial score (nSPS) is 29.3. The van der Waals surface area contributed by atoms with Crippen molar-refractivity contribution in [3.63, 3.8) is 0 Å². The third-order valence-electron chi connectivity index (χ3n) is 12.2. The number of rotatable bonds is 18. The zero-order chi connectivity index (χ0) is 41.5. The number of methoxy groups -OCH3 is 2. The summed E-state index contributed by atoms with van der Waals surface area (Å²) in [4.78, 5) is 0. The lowest BCUT2D eigenvalue weighted by atomic mass is 9.79. The van der Waals surface area contributed by atoms with Crippen LogP contribution >= 0.6 is 8.30 Å². The molecule has 16 heteroatoms. The van der Waals surface area contributed by atoms with Crippen molar-refractivity contribution in [1.82, 2.24) is 19.7 Å². The Hall–Kier alpha value is -3.36. The number of hydrogen-bond acceptors (Lipinski definition) is 12. The number of ether oxygens (including phenoxy) is 8. The fourth-order valence-electron chi connectivity index (χ4n) is 9.69. The van der Waals surface area contributed by atoms with Gasteiger partial charge in [0.05, 0.1) is 65.4 Å². The van der Waals surface area contributed by atoms with Gasteiger partial charge in [0, 0.05) is 12.1 Å². The van der Waals surface area contributed by atoms with Crippen LogP contribution in [0.15, 0.2) is 85.1 Å². The molecule has 4 saturated heterocycles. The molecule has 8 rings (SSSR count). The second kappa shape index (κ2) is 17.2. The van der Waals surface area contributed by atoms with E-state index in [2.05, 4.69) is 69.3 Å². The molecule has 4 bridgehead atoms. The lowest BCUT2D eigenvalue weighted by Crippen LogP contribution is -2.49. The average Bonchev–Trinajstić information content (AvgIpc) is 4.02. The molecule has 4 aliphatic heterocycles. The van der Waals surface area contributed by atoms with Crippen molar-refractivity contribution in [3.8, 4) is 11.5 Å². The molecular formula is C43H57B2N4O9P. The largest absolute Gasteiger partial charge is 0.497 e. The maximum Gasteiger partial charge on any atom is 0.143 e. The van der Waals surface area contributed by atoms with Gasteiger partial charge in [-0.2, -0.15) is 0 Å². The number of fused-ring (bicyclic) bond motifs is 4. The van der Waals surface area contributed by atoms with Crippen molar-refractivity contribution in [3.05, 3.63) is 107 Å². The van der Waals surface area contributed by atoms with E-state index in [-0.39, 0.29) is 43.5 Å². The van der Waals surface area contributed by atoms with E-state index in [9.17, 15) is 0 Å². The smallest absolute Gasteiger partial charge is 0.143 e. The SMILES string of the molecule is B[C@@H]1O[C@@]2(COC(c3ccccc3)(c3ccc(OC)cc3)c3ccc(OC)cc3)COC1C2OCc1cn(C[C@]23COC(C2OP(C)N(C(C)C)C(C)C)[C@H](B)O3)nn1. The summed E-state index contributed by atoms with van der Waals surface area (Å²) in [6.07, 6.45) is 0.866. The van der Waals surface area contributed by atoms with Gasteiger partial charge in [0.25, 0.3) is 0 Å². The first-order valence-electron chi connectivity index (χ1n) is 20.7. The van der Waals surface area contributed by atoms with Crippen LogP contribution in [0.5, 0.6) is 11.5 Å². The van der Waals surface area contributed by atoms with Crippen LogP contribution in [0.25, 0.3) is 0 Å². The third-order valence-corrected chi connectivity index (χ3v) is 14.3. The molecule has 4 fully saturated rings. The monoisotopic (exact) mass is 826 g/mol. The number of nitrogens with zero attached hydrogens (tertiary/aromatic N) is 4. The molecule has 0 N–H and O–H groups in total. The highest BCUT2D eigenvalue weighted by atomic mass is 31.2. The van der Waals surface area contributed by atoms with Crippen molar-refractivity contribution in [1.29, 1.82) is 0 Å². The van der Waals surface area contributed by atoms with Crippen LogP contribution in [0.4, 0.5) is 0 Å². The molecule has 3 aromatic carbocycles. The summed E-state index contributed by atoms with van der Waals surface area (Å²) < 4.78 is 62.3. The molecule has 0 saturated carbocycles. The van der Waals surface area contributed by atoms with Gasteiger partial charge in [0.15, 0.2) is 0 Å². The van der Waals surface area contributed by atoms with E-state index in [1.54, 1.807) is 14.2 Å². The Morgan fingerprint density at radius 2 is 1.34 bits per heavy atom. The van der Waals surface area contributed by atoms with Gasteiger partial charge in [-0.05, 0) is 75.3 Å². The van der Waals surface area contributed by atoms with E-state index in [1.807, 2.05) is 85.5 Å². The summed E-state index contributed by atoms with van der Waals surface area (Å²) >= 11 is 0. The van der Waals surface area contributed by atoms with Crippen LogP contribution in [0, 0.1) is 0 Å². The zero-order valence-electron chi connectivity index (χ0n) is 35.6. The van der Waals surface area contributed by atoms with Gasteiger partial charge in [-0.25, -0.2) is 4.68 Å².